The Labute approximate surface area is 183 Å². The largest absolute Gasteiger partial charge is 0.357 e. The van der Waals surface area contributed by atoms with E-state index in [0.717, 1.165) is 32.1 Å². The van der Waals surface area contributed by atoms with Crippen LogP contribution in [-0.4, -0.2) is 61.6 Å². The number of guanidine groups is 1. The summed E-state index contributed by atoms with van der Waals surface area (Å²) in [6.07, 6.45) is 0. The van der Waals surface area contributed by atoms with Gasteiger partial charge in [-0.25, -0.2) is 4.99 Å². The van der Waals surface area contributed by atoms with E-state index in [0.29, 0.717) is 24.5 Å². The first kappa shape index (κ1) is 24.2. The van der Waals surface area contributed by atoms with Crippen molar-refractivity contribution in [2.75, 3.05) is 33.7 Å². The van der Waals surface area contributed by atoms with E-state index in [1.165, 1.54) is 11.1 Å². The van der Waals surface area contributed by atoms with Crippen molar-refractivity contribution in [2.45, 2.75) is 52.9 Å². The Morgan fingerprint density at radius 3 is 2.44 bits per heavy atom. The molecular formula is C21H38IN5. The maximum Gasteiger partial charge on any atom is 0.191 e. The summed E-state index contributed by atoms with van der Waals surface area (Å²) in [6, 6.07) is 9.64. The lowest BCUT2D eigenvalue weighted by Gasteiger charge is -2.22. The maximum atomic E-state index is 4.88. The minimum absolute atomic E-state index is 0. The molecule has 1 fully saturated rings. The van der Waals surface area contributed by atoms with E-state index in [1.54, 1.807) is 0 Å². The highest BCUT2D eigenvalue weighted by atomic mass is 127. The first-order valence-electron chi connectivity index (χ1n) is 9.91. The summed E-state index contributed by atoms with van der Waals surface area (Å²) in [5.74, 6) is 1.55. The van der Waals surface area contributed by atoms with Crippen molar-refractivity contribution in [2.24, 2.45) is 10.9 Å². The third-order valence-corrected chi connectivity index (χ3v) is 5.05. The monoisotopic (exact) mass is 487 g/mol. The molecule has 1 aromatic carbocycles. The van der Waals surface area contributed by atoms with Gasteiger partial charge in [0.1, 0.15) is 0 Å². The lowest BCUT2D eigenvalue weighted by atomic mass is 10.1. The van der Waals surface area contributed by atoms with Gasteiger partial charge in [-0.2, -0.15) is 0 Å². The number of nitrogens with zero attached hydrogens (tertiary/aromatic N) is 3. The second-order valence-corrected chi connectivity index (χ2v) is 7.98. The van der Waals surface area contributed by atoms with E-state index >= 15 is 0 Å². The summed E-state index contributed by atoms with van der Waals surface area (Å²) in [5.41, 5.74) is 2.64. The highest BCUT2D eigenvalue weighted by Crippen LogP contribution is 2.18. The van der Waals surface area contributed by atoms with Crippen molar-refractivity contribution in [3.05, 3.63) is 35.4 Å². The molecule has 0 spiro atoms. The minimum atomic E-state index is 0. The van der Waals surface area contributed by atoms with Crippen LogP contribution in [-0.2, 0) is 13.1 Å². The maximum absolute atomic E-state index is 4.88. The van der Waals surface area contributed by atoms with Gasteiger partial charge in [0.15, 0.2) is 5.96 Å². The fraction of sp³-hybridized carbons (Fsp3) is 0.667. The van der Waals surface area contributed by atoms with Crippen LogP contribution in [0.4, 0.5) is 0 Å². The second kappa shape index (κ2) is 11.9. The number of rotatable bonds is 7. The van der Waals surface area contributed by atoms with Gasteiger partial charge in [-0.15, -0.1) is 24.0 Å². The molecule has 0 radical (unpaired) electrons. The zero-order valence-corrected chi connectivity index (χ0v) is 20.2. The molecule has 1 aromatic rings. The van der Waals surface area contributed by atoms with Crippen molar-refractivity contribution < 1.29 is 0 Å². The average molecular weight is 487 g/mol. The quantitative estimate of drug-likeness (QED) is 0.353. The third kappa shape index (κ3) is 7.58. The van der Waals surface area contributed by atoms with Crippen molar-refractivity contribution in [3.63, 3.8) is 0 Å². The van der Waals surface area contributed by atoms with E-state index in [2.05, 4.69) is 86.5 Å². The zero-order valence-electron chi connectivity index (χ0n) is 17.8. The van der Waals surface area contributed by atoms with Gasteiger partial charge >= 0.3 is 0 Å². The summed E-state index contributed by atoms with van der Waals surface area (Å²) >= 11 is 0. The van der Waals surface area contributed by atoms with E-state index in [1.807, 2.05) is 0 Å². The highest BCUT2D eigenvalue weighted by Gasteiger charge is 2.31. The predicted octanol–water partition coefficient (Wildman–Crippen LogP) is 3.15. The van der Waals surface area contributed by atoms with Crippen molar-refractivity contribution in [1.29, 1.82) is 0 Å². The van der Waals surface area contributed by atoms with Gasteiger partial charge in [0, 0.05) is 38.3 Å². The first-order valence-corrected chi connectivity index (χ1v) is 9.91. The molecule has 0 aromatic heterocycles. The summed E-state index contributed by atoms with van der Waals surface area (Å²) in [6.45, 7) is 13.8. The topological polar surface area (TPSA) is 42.9 Å². The van der Waals surface area contributed by atoms with Gasteiger partial charge in [-0.05, 0) is 51.9 Å². The number of nitrogens with one attached hydrogen (secondary N) is 2. The van der Waals surface area contributed by atoms with Crippen LogP contribution in [0.2, 0.25) is 0 Å². The fourth-order valence-electron chi connectivity index (χ4n) is 3.48. The van der Waals surface area contributed by atoms with Gasteiger partial charge in [-0.1, -0.05) is 31.2 Å². The Bertz CT molecular complexity index is 588. The van der Waals surface area contributed by atoms with Crippen molar-refractivity contribution in [3.8, 4) is 0 Å². The number of hydrogen-bond acceptors (Lipinski definition) is 3. The standard InChI is InChI=1S/C21H37N5.HI/c1-7-22-21(24-20-15-26(16(2)3)13-17(20)4)23-12-18-10-8-9-11-19(18)14-25(5)6;/h8-11,16-17,20H,7,12-15H2,1-6H3,(H2,22,23,24);1H. The molecule has 154 valence electrons. The van der Waals surface area contributed by atoms with Gasteiger partial charge in [0.2, 0.25) is 0 Å². The molecule has 0 aliphatic carbocycles. The van der Waals surface area contributed by atoms with E-state index in [-0.39, 0.29) is 24.0 Å². The Hall–Kier alpha value is -0.860. The molecule has 2 unspecified atom stereocenters. The molecule has 6 heteroatoms. The van der Waals surface area contributed by atoms with Crippen LogP contribution in [0.15, 0.2) is 29.3 Å². The number of likely N-dealkylation sites (tertiary alicyclic amines) is 1. The molecule has 0 saturated carbocycles. The molecule has 1 saturated heterocycles. The highest BCUT2D eigenvalue weighted by molar-refractivity contribution is 14.0. The smallest absolute Gasteiger partial charge is 0.191 e. The van der Waals surface area contributed by atoms with Gasteiger partial charge in [-0.3, -0.25) is 4.90 Å². The Morgan fingerprint density at radius 1 is 1.22 bits per heavy atom. The van der Waals surface area contributed by atoms with Crippen LogP contribution < -0.4 is 10.6 Å². The van der Waals surface area contributed by atoms with E-state index in [4.69, 9.17) is 4.99 Å². The molecule has 1 aliphatic heterocycles. The summed E-state index contributed by atoms with van der Waals surface area (Å²) < 4.78 is 0. The van der Waals surface area contributed by atoms with Crippen molar-refractivity contribution in [1.82, 2.24) is 20.4 Å². The Morgan fingerprint density at radius 2 is 1.89 bits per heavy atom. The Kier molecular flexibility index (Phi) is 10.6. The zero-order chi connectivity index (χ0) is 19.1. The molecule has 0 amide bonds. The fourth-order valence-corrected chi connectivity index (χ4v) is 3.48. The molecular weight excluding hydrogens is 449 g/mol. The Balaban J connectivity index is 0.00000364. The number of hydrogen-bond donors (Lipinski definition) is 2. The van der Waals surface area contributed by atoms with Crippen LogP contribution in [0.5, 0.6) is 0 Å². The van der Waals surface area contributed by atoms with Gasteiger partial charge < -0.3 is 15.5 Å². The van der Waals surface area contributed by atoms with Crippen LogP contribution in [0, 0.1) is 5.92 Å². The lowest BCUT2D eigenvalue weighted by molar-refractivity contribution is 0.265. The SMILES string of the molecule is CCNC(=NCc1ccccc1CN(C)C)NC1CN(C(C)C)CC1C.I. The van der Waals surface area contributed by atoms with Gasteiger partial charge in [0.05, 0.1) is 6.54 Å². The molecule has 2 atom stereocenters. The second-order valence-electron chi connectivity index (χ2n) is 7.98. The summed E-state index contributed by atoms with van der Waals surface area (Å²) in [5, 5.41) is 7.08. The lowest BCUT2D eigenvalue weighted by Crippen LogP contribution is -2.46. The van der Waals surface area contributed by atoms with E-state index < -0.39 is 0 Å². The van der Waals surface area contributed by atoms with E-state index in [9.17, 15) is 0 Å². The van der Waals surface area contributed by atoms with Crippen molar-refractivity contribution >= 4 is 29.9 Å². The van der Waals surface area contributed by atoms with Crippen LogP contribution in [0.3, 0.4) is 0 Å². The first-order chi connectivity index (χ1) is 12.4. The summed E-state index contributed by atoms with van der Waals surface area (Å²) in [7, 11) is 4.21. The molecule has 1 aliphatic rings. The normalized spacial score (nSPS) is 20.8. The molecule has 27 heavy (non-hydrogen) atoms. The predicted molar refractivity (Wildman–Crippen MR) is 127 cm³/mol. The number of aliphatic imine (C=N–C) groups is 1. The molecule has 2 N–H and O–H groups in total. The summed E-state index contributed by atoms with van der Waals surface area (Å²) in [4.78, 5) is 9.62. The van der Waals surface area contributed by atoms with Crippen LogP contribution >= 0.6 is 24.0 Å². The third-order valence-electron chi connectivity index (χ3n) is 5.05. The molecule has 5 nitrogen and oxygen atoms in total. The minimum Gasteiger partial charge on any atom is -0.357 e. The number of halogens is 1. The molecule has 2 rings (SSSR count). The average Bonchev–Trinajstić information content (AvgIpc) is 2.94. The van der Waals surface area contributed by atoms with Crippen LogP contribution in [0.1, 0.15) is 38.8 Å². The molecule has 0 bridgehead atoms. The van der Waals surface area contributed by atoms with Crippen LogP contribution in [0.25, 0.3) is 0 Å². The van der Waals surface area contributed by atoms with Gasteiger partial charge in [0.25, 0.3) is 0 Å². The molecule has 1 heterocycles. The number of benzene rings is 1.